The van der Waals surface area contributed by atoms with Gasteiger partial charge in [-0.2, -0.15) is 0 Å². The minimum absolute atomic E-state index is 0.254. The number of fused-ring (bicyclic) bond motifs is 1. The van der Waals surface area contributed by atoms with Gasteiger partial charge in [0.25, 0.3) is 5.91 Å². The summed E-state index contributed by atoms with van der Waals surface area (Å²) in [6.07, 6.45) is 1.07. The lowest BCUT2D eigenvalue weighted by Gasteiger charge is -2.39. The van der Waals surface area contributed by atoms with Crippen molar-refractivity contribution in [2.24, 2.45) is 0 Å². The summed E-state index contributed by atoms with van der Waals surface area (Å²) in [6.45, 7) is 7.18. The first-order chi connectivity index (χ1) is 12.0. The molecule has 3 rings (SSSR count). The van der Waals surface area contributed by atoms with E-state index >= 15 is 0 Å². The van der Waals surface area contributed by atoms with E-state index in [2.05, 4.69) is 11.6 Å². The Morgan fingerprint density at radius 2 is 1.88 bits per heavy atom. The monoisotopic (exact) mass is 393 g/mol. The predicted molar refractivity (Wildman–Crippen MR) is 103 cm³/mol. The SMILES string of the molecule is [CH2]c1cc(N2C(=O)C(C)(C)Oc3cc(NS(C)(=O)=O)ccc32)ccc1Cl. The number of sulfonamides is 1. The molecule has 1 heterocycles. The third kappa shape index (κ3) is 3.50. The Morgan fingerprint density at radius 1 is 1.19 bits per heavy atom. The number of nitrogens with zero attached hydrogens (tertiary/aromatic N) is 1. The van der Waals surface area contributed by atoms with Crippen LogP contribution in [-0.4, -0.2) is 26.2 Å². The lowest BCUT2D eigenvalue weighted by atomic mass is 10.0. The van der Waals surface area contributed by atoms with Crippen LogP contribution in [0, 0.1) is 6.92 Å². The average Bonchev–Trinajstić information content (AvgIpc) is 2.50. The van der Waals surface area contributed by atoms with Gasteiger partial charge in [0, 0.05) is 16.8 Å². The van der Waals surface area contributed by atoms with Gasteiger partial charge in [-0.15, -0.1) is 0 Å². The van der Waals surface area contributed by atoms with Crippen molar-refractivity contribution in [3.8, 4) is 5.75 Å². The number of anilines is 3. The first-order valence-corrected chi connectivity index (χ1v) is 10.0. The maximum atomic E-state index is 13.0. The molecular weight excluding hydrogens is 376 g/mol. The van der Waals surface area contributed by atoms with Crippen LogP contribution in [0.4, 0.5) is 17.1 Å². The maximum absolute atomic E-state index is 13.0. The van der Waals surface area contributed by atoms with Crippen LogP contribution in [-0.2, 0) is 14.8 Å². The number of ether oxygens (including phenoxy) is 1. The molecule has 0 aromatic heterocycles. The van der Waals surface area contributed by atoms with Gasteiger partial charge in [0.05, 0.1) is 17.6 Å². The van der Waals surface area contributed by atoms with Crippen LogP contribution in [0.1, 0.15) is 19.4 Å². The first kappa shape index (κ1) is 18.5. The summed E-state index contributed by atoms with van der Waals surface area (Å²) >= 11 is 6.04. The molecule has 1 aliphatic rings. The van der Waals surface area contributed by atoms with Crippen molar-refractivity contribution in [2.45, 2.75) is 19.4 Å². The fourth-order valence-corrected chi connectivity index (χ4v) is 3.38. The van der Waals surface area contributed by atoms with Crippen molar-refractivity contribution in [1.29, 1.82) is 0 Å². The van der Waals surface area contributed by atoms with E-state index in [1.54, 1.807) is 50.2 Å². The Kier molecular flexibility index (Phi) is 4.40. The van der Waals surface area contributed by atoms with Crippen LogP contribution in [0.15, 0.2) is 36.4 Å². The summed E-state index contributed by atoms with van der Waals surface area (Å²) in [5, 5.41) is 0.502. The molecule has 0 fully saturated rings. The van der Waals surface area contributed by atoms with E-state index in [1.807, 2.05) is 0 Å². The summed E-state index contributed by atoms with van der Waals surface area (Å²) < 4.78 is 31.2. The molecule has 1 radical (unpaired) electrons. The number of benzene rings is 2. The van der Waals surface area contributed by atoms with Crippen LogP contribution in [0.5, 0.6) is 5.75 Å². The Morgan fingerprint density at radius 3 is 2.50 bits per heavy atom. The normalized spacial score (nSPS) is 16.0. The summed E-state index contributed by atoms with van der Waals surface area (Å²) in [5.41, 5.74) is 0.932. The molecule has 8 heteroatoms. The van der Waals surface area contributed by atoms with E-state index in [4.69, 9.17) is 16.3 Å². The van der Waals surface area contributed by atoms with E-state index in [-0.39, 0.29) is 5.91 Å². The van der Waals surface area contributed by atoms with Crippen molar-refractivity contribution in [1.82, 2.24) is 0 Å². The fourth-order valence-electron chi connectivity index (χ4n) is 2.71. The van der Waals surface area contributed by atoms with Gasteiger partial charge in [-0.1, -0.05) is 11.6 Å². The summed E-state index contributed by atoms with van der Waals surface area (Å²) in [6, 6.07) is 9.87. The van der Waals surface area contributed by atoms with Crippen molar-refractivity contribution in [2.75, 3.05) is 15.9 Å². The third-order valence-electron chi connectivity index (χ3n) is 3.87. The van der Waals surface area contributed by atoms with Crippen molar-refractivity contribution in [3.63, 3.8) is 0 Å². The molecule has 1 N–H and O–H groups in total. The Bertz CT molecular complexity index is 1000. The summed E-state index contributed by atoms with van der Waals surface area (Å²) in [5.74, 6) is 0.138. The van der Waals surface area contributed by atoms with E-state index in [9.17, 15) is 13.2 Å². The average molecular weight is 394 g/mol. The molecule has 1 aliphatic heterocycles. The Labute approximate surface area is 157 Å². The zero-order chi connectivity index (χ0) is 19.3. The number of hydrogen-bond acceptors (Lipinski definition) is 4. The van der Waals surface area contributed by atoms with Gasteiger partial charge in [0.15, 0.2) is 5.60 Å². The van der Waals surface area contributed by atoms with Gasteiger partial charge in [0.1, 0.15) is 5.75 Å². The highest BCUT2D eigenvalue weighted by atomic mass is 35.5. The topological polar surface area (TPSA) is 75.7 Å². The molecule has 2 aromatic rings. The molecule has 0 bridgehead atoms. The second kappa shape index (κ2) is 6.17. The van der Waals surface area contributed by atoms with Crippen LogP contribution in [0.25, 0.3) is 0 Å². The smallest absolute Gasteiger partial charge is 0.275 e. The molecule has 0 spiro atoms. The predicted octanol–water partition coefficient (Wildman–Crippen LogP) is 3.73. The molecule has 1 amide bonds. The maximum Gasteiger partial charge on any atom is 0.275 e. The summed E-state index contributed by atoms with van der Waals surface area (Å²) in [4.78, 5) is 14.5. The van der Waals surface area contributed by atoms with Crippen molar-refractivity contribution < 1.29 is 17.9 Å². The number of carbonyl (C=O) groups is 1. The number of hydrogen-bond donors (Lipinski definition) is 1. The van der Waals surface area contributed by atoms with Crippen LogP contribution < -0.4 is 14.4 Å². The largest absolute Gasteiger partial charge is 0.476 e. The van der Waals surface area contributed by atoms with Gasteiger partial charge in [-0.05, 0) is 56.7 Å². The lowest BCUT2D eigenvalue weighted by molar-refractivity contribution is -0.131. The Balaban J connectivity index is 2.14. The number of nitrogens with one attached hydrogen (secondary N) is 1. The van der Waals surface area contributed by atoms with Gasteiger partial charge < -0.3 is 4.74 Å². The van der Waals surface area contributed by atoms with E-state index < -0.39 is 15.6 Å². The molecule has 0 unspecified atom stereocenters. The highest BCUT2D eigenvalue weighted by Gasteiger charge is 2.41. The number of amides is 1. The molecule has 0 atom stereocenters. The Hall–Kier alpha value is -2.25. The van der Waals surface area contributed by atoms with Gasteiger partial charge in [-0.3, -0.25) is 14.4 Å². The van der Waals surface area contributed by atoms with Gasteiger partial charge in [-0.25, -0.2) is 8.42 Å². The molecule has 2 aromatic carbocycles. The van der Waals surface area contributed by atoms with Gasteiger partial charge >= 0.3 is 0 Å². The highest BCUT2D eigenvalue weighted by Crippen LogP contribution is 2.43. The van der Waals surface area contributed by atoms with Crippen molar-refractivity contribution >= 4 is 44.6 Å². The molecule has 0 saturated carbocycles. The van der Waals surface area contributed by atoms with E-state index in [0.717, 1.165) is 6.26 Å². The first-order valence-electron chi connectivity index (χ1n) is 7.75. The van der Waals surface area contributed by atoms with Crippen LogP contribution in [0.3, 0.4) is 0 Å². The van der Waals surface area contributed by atoms with Crippen molar-refractivity contribution in [3.05, 3.63) is 53.9 Å². The molecule has 0 saturated heterocycles. The second-order valence-corrected chi connectivity index (χ2v) is 8.74. The highest BCUT2D eigenvalue weighted by molar-refractivity contribution is 7.92. The number of rotatable bonds is 3. The molecule has 0 aliphatic carbocycles. The quantitative estimate of drug-likeness (QED) is 0.862. The lowest BCUT2D eigenvalue weighted by Crippen LogP contribution is -2.50. The zero-order valence-electron chi connectivity index (χ0n) is 14.5. The third-order valence-corrected chi connectivity index (χ3v) is 4.85. The number of carbonyl (C=O) groups excluding carboxylic acids is 1. The molecule has 26 heavy (non-hydrogen) atoms. The second-order valence-electron chi connectivity index (χ2n) is 6.59. The zero-order valence-corrected chi connectivity index (χ0v) is 16.1. The number of halogens is 1. The fraction of sp³-hybridized carbons (Fsp3) is 0.222. The minimum Gasteiger partial charge on any atom is -0.476 e. The standard InChI is InChI=1S/C18H18ClN2O4S/c1-11-9-13(6-7-14(11)19)21-15-8-5-12(20-26(4,23)24)10-16(15)25-18(2,3)17(21)22/h5-10,20H,1H2,2-4H3. The summed E-state index contributed by atoms with van der Waals surface area (Å²) in [7, 11) is -3.43. The van der Waals surface area contributed by atoms with E-state index in [1.165, 1.54) is 4.90 Å². The minimum atomic E-state index is -3.43. The van der Waals surface area contributed by atoms with Gasteiger partial charge in [0.2, 0.25) is 10.0 Å². The van der Waals surface area contributed by atoms with E-state index in [0.29, 0.717) is 33.4 Å². The van der Waals surface area contributed by atoms with Crippen LogP contribution >= 0.6 is 11.6 Å². The molecule has 6 nitrogen and oxygen atoms in total. The molecule has 137 valence electrons. The van der Waals surface area contributed by atoms with Crippen LogP contribution in [0.2, 0.25) is 5.02 Å². The molecular formula is C18H18ClN2O4S.